The predicted molar refractivity (Wildman–Crippen MR) is 85.8 cm³/mol. The molecule has 4 nitrogen and oxygen atoms in total. The molecule has 0 spiro atoms. The van der Waals surface area contributed by atoms with Crippen LogP contribution in [0.3, 0.4) is 0 Å². The summed E-state index contributed by atoms with van der Waals surface area (Å²) in [7, 11) is 0. The lowest BCUT2D eigenvalue weighted by Gasteiger charge is -2.30. The largest absolute Gasteiger partial charge is 0.378 e. The van der Waals surface area contributed by atoms with Crippen LogP contribution in [0, 0.1) is 0 Å². The third kappa shape index (κ3) is 2.87. The van der Waals surface area contributed by atoms with E-state index in [4.69, 9.17) is 17.0 Å². The van der Waals surface area contributed by atoms with Crippen molar-refractivity contribution in [2.24, 2.45) is 0 Å². The van der Waals surface area contributed by atoms with Gasteiger partial charge in [-0.2, -0.15) is 0 Å². The molecule has 6 heteroatoms. The molecule has 2 heterocycles. The van der Waals surface area contributed by atoms with Crippen molar-refractivity contribution >= 4 is 46.0 Å². The Kier molecular flexibility index (Phi) is 4.05. The van der Waals surface area contributed by atoms with Gasteiger partial charge in [0.1, 0.15) is 4.32 Å². The van der Waals surface area contributed by atoms with E-state index in [0.29, 0.717) is 9.23 Å². The number of para-hydroxylation sites is 1. The summed E-state index contributed by atoms with van der Waals surface area (Å²) in [5, 5.41) is 2.64. The zero-order chi connectivity index (χ0) is 13.9. The first-order chi connectivity index (χ1) is 9.74. The number of benzene rings is 1. The van der Waals surface area contributed by atoms with Crippen molar-refractivity contribution < 1.29 is 9.53 Å². The van der Waals surface area contributed by atoms with E-state index in [1.54, 1.807) is 0 Å². The molecular weight excluding hydrogens is 292 g/mol. The minimum Gasteiger partial charge on any atom is -0.378 e. The van der Waals surface area contributed by atoms with Crippen LogP contribution in [0.4, 0.5) is 5.69 Å². The molecule has 3 rings (SSSR count). The second kappa shape index (κ2) is 5.95. The number of rotatable bonds is 2. The molecule has 1 aromatic carbocycles. The normalized spacial score (nSPS) is 21.4. The lowest BCUT2D eigenvalue weighted by molar-refractivity contribution is -0.115. The molecule has 2 fully saturated rings. The van der Waals surface area contributed by atoms with Crippen LogP contribution in [-0.4, -0.2) is 36.5 Å². The predicted octanol–water partition coefficient (Wildman–Crippen LogP) is 2.01. The van der Waals surface area contributed by atoms with Crippen LogP contribution in [0.1, 0.15) is 5.56 Å². The van der Waals surface area contributed by atoms with Gasteiger partial charge in [0.05, 0.1) is 18.1 Å². The molecule has 20 heavy (non-hydrogen) atoms. The Balaban J connectivity index is 1.91. The number of nitrogens with zero attached hydrogens (tertiary/aromatic N) is 1. The average molecular weight is 306 g/mol. The average Bonchev–Trinajstić information content (AvgIpc) is 2.78. The van der Waals surface area contributed by atoms with Gasteiger partial charge in [0.25, 0.3) is 5.91 Å². The zero-order valence-corrected chi connectivity index (χ0v) is 12.4. The maximum absolute atomic E-state index is 11.8. The first-order valence-electron chi connectivity index (χ1n) is 6.40. The molecule has 2 aliphatic heterocycles. The van der Waals surface area contributed by atoms with Gasteiger partial charge in [0.2, 0.25) is 0 Å². The Morgan fingerprint density at radius 2 is 2.05 bits per heavy atom. The second-order valence-electron chi connectivity index (χ2n) is 4.51. The number of carbonyl (C=O) groups is 1. The van der Waals surface area contributed by atoms with Crippen molar-refractivity contribution in [2.75, 3.05) is 31.2 Å². The van der Waals surface area contributed by atoms with E-state index in [-0.39, 0.29) is 5.91 Å². The van der Waals surface area contributed by atoms with Crippen molar-refractivity contribution in [3.63, 3.8) is 0 Å². The highest BCUT2D eigenvalue weighted by atomic mass is 32.2. The Labute approximate surface area is 127 Å². The van der Waals surface area contributed by atoms with E-state index < -0.39 is 0 Å². The van der Waals surface area contributed by atoms with Gasteiger partial charge < -0.3 is 15.0 Å². The number of ether oxygens (including phenoxy) is 1. The summed E-state index contributed by atoms with van der Waals surface area (Å²) in [6, 6.07) is 8.09. The SMILES string of the molecule is O=C1NC(=S)S/C1=C/c1ccccc1N1CCOCC1. The summed E-state index contributed by atoms with van der Waals surface area (Å²) in [5.41, 5.74) is 2.17. The van der Waals surface area contributed by atoms with Crippen LogP contribution in [0.2, 0.25) is 0 Å². The molecular formula is C14H14N2O2S2. The molecule has 2 saturated heterocycles. The third-order valence-electron chi connectivity index (χ3n) is 3.22. The van der Waals surface area contributed by atoms with Crippen molar-refractivity contribution in [2.45, 2.75) is 0 Å². The molecule has 0 bridgehead atoms. The van der Waals surface area contributed by atoms with Gasteiger partial charge in [-0.3, -0.25) is 4.79 Å². The number of hydrogen-bond donors (Lipinski definition) is 1. The number of amides is 1. The summed E-state index contributed by atoms with van der Waals surface area (Å²) < 4.78 is 5.90. The van der Waals surface area contributed by atoms with Gasteiger partial charge >= 0.3 is 0 Å². The van der Waals surface area contributed by atoms with E-state index in [2.05, 4.69) is 16.3 Å². The van der Waals surface area contributed by atoms with Crippen molar-refractivity contribution in [3.05, 3.63) is 34.7 Å². The molecule has 104 valence electrons. The fraction of sp³-hybridized carbons (Fsp3) is 0.286. The molecule has 1 aromatic rings. The maximum atomic E-state index is 11.8. The highest BCUT2D eigenvalue weighted by Crippen LogP contribution is 2.30. The van der Waals surface area contributed by atoms with Crippen LogP contribution in [0.25, 0.3) is 6.08 Å². The summed E-state index contributed by atoms with van der Waals surface area (Å²) in [4.78, 5) is 14.7. The fourth-order valence-corrected chi connectivity index (χ4v) is 3.30. The van der Waals surface area contributed by atoms with Gasteiger partial charge in [0.15, 0.2) is 0 Å². The van der Waals surface area contributed by atoms with Crippen molar-refractivity contribution in [1.82, 2.24) is 5.32 Å². The Hall–Kier alpha value is -1.37. The van der Waals surface area contributed by atoms with E-state index in [0.717, 1.165) is 37.6 Å². The van der Waals surface area contributed by atoms with Crippen LogP contribution in [0.15, 0.2) is 29.2 Å². The minimum absolute atomic E-state index is 0.114. The van der Waals surface area contributed by atoms with E-state index in [1.165, 1.54) is 11.8 Å². The quantitative estimate of drug-likeness (QED) is 0.669. The Morgan fingerprint density at radius 3 is 2.75 bits per heavy atom. The summed E-state index contributed by atoms with van der Waals surface area (Å²) >= 11 is 6.32. The van der Waals surface area contributed by atoms with Crippen LogP contribution < -0.4 is 10.2 Å². The van der Waals surface area contributed by atoms with Crippen LogP contribution in [0.5, 0.6) is 0 Å². The number of hydrogen-bond acceptors (Lipinski definition) is 5. The third-order valence-corrected chi connectivity index (χ3v) is 4.38. The number of morpholine rings is 1. The summed E-state index contributed by atoms with van der Waals surface area (Å²) in [6.07, 6.45) is 1.91. The van der Waals surface area contributed by atoms with Gasteiger partial charge in [-0.15, -0.1) is 0 Å². The van der Waals surface area contributed by atoms with Gasteiger partial charge in [-0.05, 0) is 17.7 Å². The summed E-state index contributed by atoms with van der Waals surface area (Å²) in [5.74, 6) is -0.114. The molecule has 0 atom stereocenters. The summed E-state index contributed by atoms with van der Waals surface area (Å²) in [6.45, 7) is 3.23. The van der Waals surface area contributed by atoms with Gasteiger partial charge in [-0.1, -0.05) is 42.2 Å². The highest BCUT2D eigenvalue weighted by Gasteiger charge is 2.23. The number of thioether (sulfide) groups is 1. The molecule has 1 N–H and O–H groups in total. The van der Waals surface area contributed by atoms with Gasteiger partial charge in [0, 0.05) is 18.8 Å². The standard InChI is InChI=1S/C14H14N2O2S2/c17-13-12(20-14(19)15-13)9-10-3-1-2-4-11(10)16-5-7-18-8-6-16/h1-4,9H,5-8H2,(H,15,17,19)/b12-9+. The monoisotopic (exact) mass is 306 g/mol. The lowest BCUT2D eigenvalue weighted by atomic mass is 10.1. The van der Waals surface area contributed by atoms with Crippen molar-refractivity contribution in [1.29, 1.82) is 0 Å². The topological polar surface area (TPSA) is 41.6 Å². The molecule has 0 saturated carbocycles. The van der Waals surface area contributed by atoms with Gasteiger partial charge in [-0.25, -0.2) is 0 Å². The van der Waals surface area contributed by atoms with Crippen molar-refractivity contribution in [3.8, 4) is 0 Å². The first-order valence-corrected chi connectivity index (χ1v) is 7.63. The Morgan fingerprint density at radius 1 is 1.30 bits per heavy atom. The number of thiocarbonyl (C=S) groups is 1. The first kappa shape index (κ1) is 13.6. The number of anilines is 1. The smallest absolute Gasteiger partial charge is 0.263 e. The lowest BCUT2D eigenvalue weighted by Crippen LogP contribution is -2.36. The van der Waals surface area contributed by atoms with E-state index in [9.17, 15) is 4.79 Å². The van der Waals surface area contributed by atoms with E-state index in [1.807, 2.05) is 24.3 Å². The minimum atomic E-state index is -0.114. The molecule has 0 aromatic heterocycles. The number of nitrogens with one attached hydrogen (secondary N) is 1. The molecule has 0 radical (unpaired) electrons. The molecule has 0 unspecified atom stereocenters. The maximum Gasteiger partial charge on any atom is 0.263 e. The number of carbonyl (C=O) groups excluding carboxylic acids is 1. The molecule has 1 amide bonds. The second-order valence-corrected chi connectivity index (χ2v) is 6.23. The van der Waals surface area contributed by atoms with Crippen LogP contribution in [-0.2, 0) is 9.53 Å². The fourth-order valence-electron chi connectivity index (χ4n) is 2.26. The molecule has 2 aliphatic rings. The zero-order valence-electron chi connectivity index (χ0n) is 10.8. The molecule has 0 aliphatic carbocycles. The highest BCUT2D eigenvalue weighted by molar-refractivity contribution is 8.26. The Bertz CT molecular complexity index is 580. The van der Waals surface area contributed by atoms with Crippen LogP contribution >= 0.6 is 24.0 Å². The van der Waals surface area contributed by atoms with E-state index >= 15 is 0 Å².